The summed E-state index contributed by atoms with van der Waals surface area (Å²) in [6, 6.07) is 22.8. The lowest BCUT2D eigenvalue weighted by molar-refractivity contribution is -0.121. The van der Waals surface area contributed by atoms with E-state index in [2.05, 4.69) is 38.4 Å². The van der Waals surface area contributed by atoms with Crippen molar-refractivity contribution in [3.05, 3.63) is 95.6 Å². The number of carbonyl (C=O) groups is 1. The summed E-state index contributed by atoms with van der Waals surface area (Å²) in [5.74, 6) is 1.26. The molecule has 0 spiro atoms. The van der Waals surface area contributed by atoms with Gasteiger partial charge in [0.25, 0.3) is 0 Å². The van der Waals surface area contributed by atoms with E-state index >= 15 is 0 Å². The van der Waals surface area contributed by atoms with Crippen molar-refractivity contribution in [2.24, 2.45) is 0 Å². The van der Waals surface area contributed by atoms with Gasteiger partial charge in [-0.25, -0.2) is 9.37 Å². The van der Waals surface area contributed by atoms with Gasteiger partial charge in [0, 0.05) is 44.6 Å². The minimum absolute atomic E-state index is 0.0299. The molecule has 0 radical (unpaired) electrons. The van der Waals surface area contributed by atoms with Gasteiger partial charge in [-0.05, 0) is 29.8 Å². The van der Waals surface area contributed by atoms with Crippen LogP contribution in [0.2, 0.25) is 0 Å². The van der Waals surface area contributed by atoms with Crippen LogP contribution < -0.4 is 10.1 Å². The van der Waals surface area contributed by atoms with Gasteiger partial charge < -0.3 is 15.0 Å². The Bertz CT molecular complexity index is 1270. The van der Waals surface area contributed by atoms with E-state index in [0.29, 0.717) is 36.2 Å². The smallest absolute Gasteiger partial charge is 0.220 e. The summed E-state index contributed by atoms with van der Waals surface area (Å²) < 4.78 is 19.7. The summed E-state index contributed by atoms with van der Waals surface area (Å²) in [5.41, 5.74) is 3.63. The summed E-state index contributed by atoms with van der Waals surface area (Å²) >= 11 is 0. The largest absolute Gasteiger partial charge is 0.484 e. The van der Waals surface area contributed by atoms with Gasteiger partial charge in [0.15, 0.2) is 0 Å². The van der Waals surface area contributed by atoms with Gasteiger partial charge >= 0.3 is 0 Å². The van der Waals surface area contributed by atoms with Gasteiger partial charge in [-0.1, -0.05) is 48.5 Å². The molecule has 0 fully saturated rings. The topological polar surface area (TPSA) is 70.2 Å². The molecule has 0 saturated carbocycles. The molecule has 1 aromatic heterocycles. The first-order valence-electron chi connectivity index (χ1n) is 11.6. The molecule has 0 aliphatic carbocycles. The molecule has 1 atom stereocenters. The number of amides is 1. The minimum Gasteiger partial charge on any atom is -0.484 e. The van der Waals surface area contributed by atoms with Gasteiger partial charge in [0.2, 0.25) is 5.91 Å². The van der Waals surface area contributed by atoms with Crippen LogP contribution >= 0.6 is 0 Å². The standard InChI is InChI=1S/C27H27FN4O2/c28-21-10-11-22-23(16-21)31-26(30-22)12-13-27(33)29-14-15-32-17-20-8-4-5-9-24(20)34-25(18-32)19-6-2-1-3-7-19/h1-11,16,25H,12-15,17-18H2,(H,29,33)(H,30,31)/t25-/m1/s1. The van der Waals surface area contributed by atoms with Crippen molar-refractivity contribution in [2.75, 3.05) is 19.6 Å². The number of imidazole rings is 1. The Balaban J connectivity index is 1.16. The quantitative estimate of drug-likeness (QED) is 0.431. The summed E-state index contributed by atoms with van der Waals surface area (Å²) in [4.78, 5) is 22.2. The number of hydrogen-bond donors (Lipinski definition) is 2. The lowest BCUT2D eigenvalue weighted by Gasteiger charge is -2.24. The molecule has 174 valence electrons. The molecule has 0 bridgehead atoms. The fourth-order valence-electron chi connectivity index (χ4n) is 4.32. The summed E-state index contributed by atoms with van der Waals surface area (Å²) in [6.45, 7) is 2.78. The summed E-state index contributed by atoms with van der Waals surface area (Å²) in [7, 11) is 0. The second-order valence-electron chi connectivity index (χ2n) is 8.55. The minimum atomic E-state index is -0.309. The van der Waals surface area contributed by atoms with E-state index in [9.17, 15) is 9.18 Å². The number of aromatic nitrogens is 2. The normalized spacial score (nSPS) is 16.0. The number of aryl methyl sites for hydroxylation is 1. The van der Waals surface area contributed by atoms with Crippen LogP contribution in [-0.4, -0.2) is 40.4 Å². The zero-order valence-electron chi connectivity index (χ0n) is 18.8. The Kier molecular flexibility index (Phi) is 6.53. The number of halogens is 1. The molecule has 1 aliphatic rings. The highest BCUT2D eigenvalue weighted by Gasteiger charge is 2.24. The van der Waals surface area contributed by atoms with Crippen molar-refractivity contribution in [2.45, 2.75) is 25.5 Å². The molecule has 2 N–H and O–H groups in total. The van der Waals surface area contributed by atoms with E-state index < -0.39 is 0 Å². The molecule has 5 rings (SSSR count). The predicted octanol–water partition coefficient (Wildman–Crippen LogP) is 4.39. The van der Waals surface area contributed by atoms with Gasteiger partial charge in [0.05, 0.1) is 11.0 Å². The molecular formula is C27H27FN4O2. The molecular weight excluding hydrogens is 431 g/mol. The van der Waals surface area contributed by atoms with E-state index in [0.717, 1.165) is 36.5 Å². The van der Waals surface area contributed by atoms with Gasteiger partial charge in [-0.15, -0.1) is 0 Å². The third kappa shape index (κ3) is 5.26. The monoisotopic (exact) mass is 458 g/mol. The van der Waals surface area contributed by atoms with E-state index in [1.54, 1.807) is 6.07 Å². The number of carbonyl (C=O) groups excluding carboxylic acids is 1. The summed E-state index contributed by atoms with van der Waals surface area (Å²) in [6.07, 6.45) is 0.725. The van der Waals surface area contributed by atoms with Crippen LogP contribution in [0.3, 0.4) is 0 Å². The first-order chi connectivity index (χ1) is 16.6. The zero-order valence-corrected chi connectivity index (χ0v) is 18.8. The number of H-pyrrole nitrogens is 1. The number of para-hydroxylation sites is 1. The number of benzene rings is 3. The van der Waals surface area contributed by atoms with Crippen LogP contribution in [0.5, 0.6) is 5.75 Å². The first-order valence-corrected chi connectivity index (χ1v) is 11.6. The van der Waals surface area contributed by atoms with E-state index in [1.807, 2.05) is 36.4 Å². The van der Waals surface area contributed by atoms with Crippen LogP contribution in [0.25, 0.3) is 11.0 Å². The Morgan fingerprint density at radius 3 is 2.82 bits per heavy atom. The second-order valence-corrected chi connectivity index (χ2v) is 8.55. The molecule has 6 nitrogen and oxygen atoms in total. The second kappa shape index (κ2) is 10.1. The Hall–Kier alpha value is -3.71. The number of hydrogen-bond acceptors (Lipinski definition) is 4. The van der Waals surface area contributed by atoms with Crippen LogP contribution in [-0.2, 0) is 17.8 Å². The highest BCUT2D eigenvalue weighted by molar-refractivity contribution is 5.77. The number of ether oxygens (including phenoxy) is 1. The number of nitrogens with zero attached hydrogens (tertiary/aromatic N) is 2. The van der Waals surface area contributed by atoms with Crippen molar-refractivity contribution in [3.8, 4) is 5.75 Å². The Morgan fingerprint density at radius 2 is 1.94 bits per heavy atom. The Labute approximate surface area is 197 Å². The fourth-order valence-corrected chi connectivity index (χ4v) is 4.32. The molecule has 4 aromatic rings. The third-order valence-electron chi connectivity index (χ3n) is 6.06. The van der Waals surface area contributed by atoms with Gasteiger partial charge in [0.1, 0.15) is 23.5 Å². The predicted molar refractivity (Wildman–Crippen MR) is 129 cm³/mol. The van der Waals surface area contributed by atoms with E-state index in [4.69, 9.17) is 4.74 Å². The zero-order chi connectivity index (χ0) is 23.3. The van der Waals surface area contributed by atoms with Crippen LogP contribution in [0.15, 0.2) is 72.8 Å². The average molecular weight is 459 g/mol. The molecule has 1 amide bonds. The maximum absolute atomic E-state index is 13.4. The van der Waals surface area contributed by atoms with Crippen molar-refractivity contribution in [1.29, 1.82) is 0 Å². The lowest BCUT2D eigenvalue weighted by atomic mass is 10.1. The molecule has 2 heterocycles. The van der Waals surface area contributed by atoms with Crippen molar-refractivity contribution < 1.29 is 13.9 Å². The fraction of sp³-hybridized carbons (Fsp3) is 0.259. The molecule has 0 saturated heterocycles. The molecule has 0 unspecified atom stereocenters. The maximum Gasteiger partial charge on any atom is 0.220 e. The van der Waals surface area contributed by atoms with E-state index in [1.165, 1.54) is 12.1 Å². The van der Waals surface area contributed by atoms with Crippen LogP contribution in [0.1, 0.15) is 29.5 Å². The maximum atomic E-state index is 13.4. The van der Waals surface area contributed by atoms with Gasteiger partial charge in [-0.2, -0.15) is 0 Å². The van der Waals surface area contributed by atoms with Crippen molar-refractivity contribution >= 4 is 16.9 Å². The SMILES string of the molecule is O=C(CCc1nc2ccc(F)cc2[nH]1)NCCN1Cc2ccccc2O[C@@H](c2ccccc2)C1. The molecule has 34 heavy (non-hydrogen) atoms. The number of rotatable bonds is 7. The Morgan fingerprint density at radius 1 is 1.12 bits per heavy atom. The third-order valence-corrected chi connectivity index (χ3v) is 6.06. The van der Waals surface area contributed by atoms with Crippen molar-refractivity contribution in [1.82, 2.24) is 20.2 Å². The first kappa shape index (κ1) is 22.1. The highest BCUT2D eigenvalue weighted by atomic mass is 19.1. The highest BCUT2D eigenvalue weighted by Crippen LogP contribution is 2.30. The number of aromatic amines is 1. The molecule has 3 aromatic carbocycles. The van der Waals surface area contributed by atoms with Gasteiger partial charge in [-0.3, -0.25) is 9.69 Å². The van der Waals surface area contributed by atoms with Crippen LogP contribution in [0.4, 0.5) is 4.39 Å². The van der Waals surface area contributed by atoms with E-state index in [-0.39, 0.29) is 17.8 Å². The van der Waals surface area contributed by atoms with Crippen molar-refractivity contribution in [3.63, 3.8) is 0 Å². The number of nitrogens with one attached hydrogen (secondary N) is 2. The van der Waals surface area contributed by atoms with Crippen LogP contribution in [0, 0.1) is 5.82 Å². The average Bonchev–Trinajstić information content (AvgIpc) is 3.15. The number of fused-ring (bicyclic) bond motifs is 2. The molecule has 7 heteroatoms. The molecule has 1 aliphatic heterocycles. The summed E-state index contributed by atoms with van der Waals surface area (Å²) in [5, 5.41) is 3.02. The lowest BCUT2D eigenvalue weighted by Crippen LogP contribution is -2.36.